The lowest BCUT2D eigenvalue weighted by molar-refractivity contribution is -0.124. The lowest BCUT2D eigenvalue weighted by Crippen LogP contribution is -2.50. The highest BCUT2D eigenvalue weighted by Crippen LogP contribution is 2.28. The van der Waals surface area contributed by atoms with E-state index in [4.69, 9.17) is 0 Å². The standard InChI is InChI=1S/C10H16N4O2/c15-8-10(3-1-2-4-10)12-9(16)7-14-6-5-11-13-14/h5-6,15H,1-4,7-8H2,(H,12,16). The smallest absolute Gasteiger partial charge is 0.242 e. The Kier molecular flexibility index (Phi) is 3.19. The summed E-state index contributed by atoms with van der Waals surface area (Å²) in [5, 5.41) is 19.6. The number of aliphatic hydroxyl groups excluding tert-OH is 1. The summed E-state index contributed by atoms with van der Waals surface area (Å²) in [6, 6.07) is 0. The minimum Gasteiger partial charge on any atom is -0.394 e. The number of carbonyl (C=O) groups excluding carboxylic acids is 1. The summed E-state index contributed by atoms with van der Waals surface area (Å²) in [4.78, 5) is 11.7. The molecule has 0 radical (unpaired) electrons. The fourth-order valence-electron chi connectivity index (χ4n) is 2.17. The van der Waals surface area contributed by atoms with Crippen molar-refractivity contribution in [1.29, 1.82) is 0 Å². The monoisotopic (exact) mass is 224 g/mol. The molecule has 1 aromatic rings. The third-order valence-corrected chi connectivity index (χ3v) is 3.05. The maximum absolute atomic E-state index is 11.7. The summed E-state index contributed by atoms with van der Waals surface area (Å²) >= 11 is 0. The van der Waals surface area contributed by atoms with Gasteiger partial charge in [-0.3, -0.25) is 4.79 Å². The molecule has 1 aliphatic rings. The average molecular weight is 224 g/mol. The van der Waals surface area contributed by atoms with Gasteiger partial charge in [0.15, 0.2) is 0 Å². The van der Waals surface area contributed by atoms with Crippen LogP contribution in [-0.2, 0) is 11.3 Å². The Morgan fingerprint density at radius 3 is 2.81 bits per heavy atom. The van der Waals surface area contributed by atoms with Crippen molar-refractivity contribution in [2.75, 3.05) is 6.61 Å². The number of aliphatic hydroxyl groups is 1. The van der Waals surface area contributed by atoms with Crippen LogP contribution < -0.4 is 5.32 Å². The Morgan fingerprint density at radius 2 is 2.25 bits per heavy atom. The second-order valence-electron chi connectivity index (χ2n) is 4.29. The quantitative estimate of drug-likeness (QED) is 0.735. The first-order chi connectivity index (χ1) is 7.74. The van der Waals surface area contributed by atoms with Gasteiger partial charge < -0.3 is 10.4 Å². The summed E-state index contributed by atoms with van der Waals surface area (Å²) in [5.74, 6) is -0.124. The maximum Gasteiger partial charge on any atom is 0.242 e. The topological polar surface area (TPSA) is 80.0 Å². The fraction of sp³-hybridized carbons (Fsp3) is 0.700. The summed E-state index contributed by atoms with van der Waals surface area (Å²) < 4.78 is 1.47. The van der Waals surface area contributed by atoms with E-state index >= 15 is 0 Å². The minimum atomic E-state index is -0.405. The highest BCUT2D eigenvalue weighted by Gasteiger charge is 2.34. The molecule has 1 heterocycles. The number of aromatic nitrogens is 3. The molecule has 0 aromatic carbocycles. The molecular weight excluding hydrogens is 208 g/mol. The summed E-state index contributed by atoms with van der Waals surface area (Å²) in [5.41, 5.74) is -0.405. The van der Waals surface area contributed by atoms with Gasteiger partial charge in [0.2, 0.25) is 5.91 Å². The third kappa shape index (κ3) is 2.38. The van der Waals surface area contributed by atoms with Gasteiger partial charge in [0.1, 0.15) is 6.54 Å². The first kappa shape index (κ1) is 11.1. The largest absolute Gasteiger partial charge is 0.394 e. The highest BCUT2D eigenvalue weighted by molar-refractivity contribution is 5.76. The van der Waals surface area contributed by atoms with Crippen LogP contribution in [0.2, 0.25) is 0 Å². The molecule has 1 fully saturated rings. The zero-order valence-electron chi connectivity index (χ0n) is 9.09. The van der Waals surface area contributed by atoms with Gasteiger partial charge in [0, 0.05) is 6.20 Å². The van der Waals surface area contributed by atoms with Gasteiger partial charge >= 0.3 is 0 Å². The molecule has 0 atom stereocenters. The van der Waals surface area contributed by atoms with Crippen LogP contribution in [0.15, 0.2) is 12.4 Å². The van der Waals surface area contributed by atoms with Crippen LogP contribution in [0.5, 0.6) is 0 Å². The van der Waals surface area contributed by atoms with Gasteiger partial charge in [-0.15, -0.1) is 5.10 Å². The molecule has 88 valence electrons. The highest BCUT2D eigenvalue weighted by atomic mass is 16.3. The van der Waals surface area contributed by atoms with Crippen LogP contribution in [0.3, 0.4) is 0 Å². The number of nitrogens with zero attached hydrogens (tertiary/aromatic N) is 3. The molecule has 1 aromatic heterocycles. The predicted octanol–water partition coefficient (Wildman–Crippen LogP) is -0.301. The van der Waals surface area contributed by atoms with E-state index in [9.17, 15) is 9.90 Å². The third-order valence-electron chi connectivity index (χ3n) is 3.05. The first-order valence-electron chi connectivity index (χ1n) is 5.50. The van der Waals surface area contributed by atoms with E-state index < -0.39 is 5.54 Å². The molecule has 0 unspecified atom stereocenters. The van der Waals surface area contributed by atoms with E-state index in [2.05, 4.69) is 15.6 Å². The molecule has 2 rings (SSSR count). The molecule has 6 heteroatoms. The van der Waals surface area contributed by atoms with Crippen LogP contribution in [0.25, 0.3) is 0 Å². The minimum absolute atomic E-state index is 0.0100. The second-order valence-corrected chi connectivity index (χ2v) is 4.29. The van der Waals surface area contributed by atoms with Crippen LogP contribution >= 0.6 is 0 Å². The SMILES string of the molecule is O=C(Cn1ccnn1)NC1(CO)CCCC1. The van der Waals surface area contributed by atoms with Gasteiger partial charge in [-0.25, -0.2) is 4.68 Å². The lowest BCUT2D eigenvalue weighted by atomic mass is 9.99. The first-order valence-corrected chi connectivity index (χ1v) is 5.50. The van der Waals surface area contributed by atoms with Gasteiger partial charge in [0.25, 0.3) is 0 Å². The van der Waals surface area contributed by atoms with Crippen molar-refractivity contribution in [1.82, 2.24) is 20.3 Å². The Bertz CT molecular complexity index is 344. The van der Waals surface area contributed by atoms with Gasteiger partial charge in [-0.2, -0.15) is 0 Å². The van der Waals surface area contributed by atoms with E-state index in [-0.39, 0.29) is 19.1 Å². The van der Waals surface area contributed by atoms with Crippen LogP contribution in [0, 0.1) is 0 Å². The van der Waals surface area contributed by atoms with Gasteiger partial charge in [-0.05, 0) is 12.8 Å². The summed E-state index contributed by atoms with van der Waals surface area (Å²) in [6.07, 6.45) is 7.00. The number of hydrogen-bond donors (Lipinski definition) is 2. The normalized spacial score (nSPS) is 18.6. The second kappa shape index (κ2) is 4.61. The van der Waals surface area contributed by atoms with Crippen molar-refractivity contribution in [2.45, 2.75) is 37.8 Å². The number of nitrogens with one attached hydrogen (secondary N) is 1. The zero-order chi connectivity index (χ0) is 11.4. The zero-order valence-corrected chi connectivity index (χ0v) is 9.09. The Hall–Kier alpha value is -1.43. The number of carbonyl (C=O) groups is 1. The van der Waals surface area contributed by atoms with Crippen molar-refractivity contribution >= 4 is 5.91 Å². The van der Waals surface area contributed by atoms with Crippen molar-refractivity contribution in [3.63, 3.8) is 0 Å². The molecule has 6 nitrogen and oxygen atoms in total. The van der Waals surface area contributed by atoms with E-state index in [1.54, 1.807) is 6.20 Å². The van der Waals surface area contributed by atoms with Gasteiger partial charge in [0.05, 0.1) is 18.3 Å². The molecule has 16 heavy (non-hydrogen) atoms. The van der Waals surface area contributed by atoms with Crippen molar-refractivity contribution < 1.29 is 9.90 Å². The lowest BCUT2D eigenvalue weighted by Gasteiger charge is -2.27. The maximum atomic E-state index is 11.7. The van der Waals surface area contributed by atoms with Gasteiger partial charge in [-0.1, -0.05) is 18.1 Å². The number of amides is 1. The molecule has 1 amide bonds. The molecular formula is C10H16N4O2. The molecule has 0 saturated heterocycles. The summed E-state index contributed by atoms with van der Waals surface area (Å²) in [7, 11) is 0. The van der Waals surface area contributed by atoms with E-state index in [0.29, 0.717) is 0 Å². The molecule has 0 spiro atoms. The Morgan fingerprint density at radius 1 is 1.50 bits per heavy atom. The van der Waals surface area contributed by atoms with Crippen LogP contribution in [0.1, 0.15) is 25.7 Å². The number of hydrogen-bond acceptors (Lipinski definition) is 4. The molecule has 0 bridgehead atoms. The molecule has 0 aliphatic heterocycles. The van der Waals surface area contributed by atoms with Crippen LogP contribution in [-0.4, -0.2) is 38.2 Å². The van der Waals surface area contributed by atoms with Crippen molar-refractivity contribution in [2.24, 2.45) is 0 Å². The predicted molar refractivity (Wildman–Crippen MR) is 56.4 cm³/mol. The van der Waals surface area contributed by atoms with Crippen LogP contribution in [0.4, 0.5) is 0 Å². The number of rotatable bonds is 4. The Balaban J connectivity index is 1.91. The molecule has 2 N–H and O–H groups in total. The van der Waals surface area contributed by atoms with E-state index in [1.165, 1.54) is 10.9 Å². The van der Waals surface area contributed by atoms with E-state index in [1.807, 2.05) is 0 Å². The molecule has 1 saturated carbocycles. The molecule has 1 aliphatic carbocycles. The average Bonchev–Trinajstić information content (AvgIpc) is 2.90. The van der Waals surface area contributed by atoms with Crippen molar-refractivity contribution in [3.8, 4) is 0 Å². The van der Waals surface area contributed by atoms with E-state index in [0.717, 1.165) is 25.7 Å². The Labute approximate surface area is 93.6 Å². The summed E-state index contributed by atoms with van der Waals surface area (Å²) in [6.45, 7) is 0.165. The fourth-order valence-corrected chi connectivity index (χ4v) is 2.17. The van der Waals surface area contributed by atoms with Crippen molar-refractivity contribution in [3.05, 3.63) is 12.4 Å².